The molecule has 6 rings (SSSR count). The van der Waals surface area contributed by atoms with E-state index in [1.807, 2.05) is 29.7 Å². The number of rotatable bonds is 6. The smallest absolute Gasteiger partial charge is 0.411 e. The van der Waals surface area contributed by atoms with Gasteiger partial charge in [-0.3, -0.25) is 24.4 Å². The molecule has 5 atom stereocenters. The first-order valence-electron chi connectivity index (χ1n) is 15.3. The monoisotopic (exact) mass is 655 g/mol. The normalized spacial score (nSPS) is 28.7. The summed E-state index contributed by atoms with van der Waals surface area (Å²) >= 11 is 1.43. The number of fused-ring (bicyclic) bond motifs is 2. The van der Waals surface area contributed by atoms with E-state index in [0.717, 1.165) is 29.8 Å². The maximum Gasteiger partial charge on any atom is 0.411 e. The van der Waals surface area contributed by atoms with E-state index in [4.69, 9.17) is 4.74 Å². The van der Waals surface area contributed by atoms with Crippen LogP contribution < -0.4 is 15.4 Å². The number of nitrogens with zero attached hydrogens (tertiary/aromatic N) is 2. The molecule has 0 radical (unpaired) electrons. The van der Waals surface area contributed by atoms with Crippen molar-refractivity contribution in [3.8, 4) is 10.6 Å². The molecule has 1 aliphatic heterocycles. The van der Waals surface area contributed by atoms with Crippen molar-refractivity contribution in [2.75, 3.05) is 18.9 Å². The average molecular weight is 656 g/mol. The molecule has 0 spiro atoms. The summed E-state index contributed by atoms with van der Waals surface area (Å²) in [6, 6.07) is 7.21. The number of carbonyl (C=O) groups excluding carboxylic acids is 4. The van der Waals surface area contributed by atoms with Gasteiger partial charge in [0.2, 0.25) is 21.8 Å². The first-order valence-corrected chi connectivity index (χ1v) is 17.8. The number of sulfonamides is 1. The molecule has 2 aromatic rings. The van der Waals surface area contributed by atoms with Gasteiger partial charge < -0.3 is 15.0 Å². The van der Waals surface area contributed by atoms with Crippen LogP contribution in [-0.2, 0) is 29.1 Å². The molecule has 240 valence electrons. The third-order valence-electron chi connectivity index (χ3n) is 9.10. The van der Waals surface area contributed by atoms with Gasteiger partial charge in [-0.25, -0.2) is 18.2 Å². The number of anilines is 1. The van der Waals surface area contributed by atoms with Gasteiger partial charge >= 0.3 is 6.09 Å². The molecular weight excluding hydrogens is 619 g/mol. The standard InChI is InChI=1S/C31H37N5O7S2/c1-36-14-7-3-2-4-8-19-18-31(19,29(39)35-45(41,42)21-11-12-21)34-26(37)23-16-20(17-24(23)28(36)38)43-30(40)33-25-10-6-5-9-22(25)27-32-13-15-44-27/h4-6,8-10,13,15,19-21,23-24H,2-3,7,11-12,14,16-18H2,1H3,(H,33,40)(H,34,37)(H,35,39)/t19-,20-,23-,24-,31-/m1/s1. The number of hydrogen-bond donors (Lipinski definition) is 3. The summed E-state index contributed by atoms with van der Waals surface area (Å²) in [5.41, 5.74) is -0.167. The third kappa shape index (κ3) is 6.76. The fourth-order valence-corrected chi connectivity index (χ4v) is 8.36. The van der Waals surface area contributed by atoms with E-state index in [0.29, 0.717) is 25.1 Å². The Hall–Kier alpha value is -3.78. The third-order valence-corrected chi connectivity index (χ3v) is 11.7. The number of thiazole rings is 1. The lowest BCUT2D eigenvalue weighted by atomic mass is 9.93. The Morgan fingerprint density at radius 1 is 1.13 bits per heavy atom. The van der Waals surface area contributed by atoms with Crippen molar-refractivity contribution >= 4 is 50.9 Å². The number of para-hydroxylation sites is 1. The summed E-state index contributed by atoms with van der Waals surface area (Å²) in [6.45, 7) is 0.520. The van der Waals surface area contributed by atoms with Gasteiger partial charge in [0.05, 0.1) is 22.8 Å². The lowest BCUT2D eigenvalue weighted by molar-refractivity contribution is -0.140. The van der Waals surface area contributed by atoms with E-state index < -0.39 is 56.7 Å². The molecule has 2 heterocycles. The van der Waals surface area contributed by atoms with E-state index in [1.165, 1.54) is 11.3 Å². The van der Waals surface area contributed by atoms with Crippen LogP contribution in [0.25, 0.3) is 10.6 Å². The first-order chi connectivity index (χ1) is 21.6. The SMILES string of the molecule is CN1CCCCC=C[C@@H]2C[C@@]2(C(=O)NS(=O)(=O)C2CC2)NC(=O)[C@@H]2C[C@@H](OC(=O)Nc3ccccc3-c3nccs3)C[C@H]2C1=O. The number of allylic oxidation sites excluding steroid dienone is 1. The minimum atomic E-state index is -3.83. The maximum absolute atomic E-state index is 13.9. The van der Waals surface area contributed by atoms with Gasteiger partial charge in [0.15, 0.2) is 0 Å². The average Bonchev–Trinajstić information content (AvgIpc) is 3.87. The summed E-state index contributed by atoms with van der Waals surface area (Å²) in [4.78, 5) is 59.9. The fraction of sp³-hybridized carbons (Fsp3) is 0.516. The fourth-order valence-electron chi connectivity index (χ4n) is 6.32. The van der Waals surface area contributed by atoms with E-state index in [9.17, 15) is 27.6 Å². The predicted molar refractivity (Wildman–Crippen MR) is 167 cm³/mol. The zero-order valence-electron chi connectivity index (χ0n) is 24.9. The summed E-state index contributed by atoms with van der Waals surface area (Å²) in [7, 11) is -2.13. The maximum atomic E-state index is 13.9. The van der Waals surface area contributed by atoms with Gasteiger partial charge in [-0.1, -0.05) is 24.3 Å². The molecular formula is C31H37N5O7S2. The van der Waals surface area contributed by atoms with Crippen LogP contribution in [0.5, 0.6) is 0 Å². The Kier molecular flexibility index (Phi) is 8.70. The van der Waals surface area contributed by atoms with Crippen LogP contribution in [0.2, 0.25) is 0 Å². The topological polar surface area (TPSA) is 164 Å². The van der Waals surface area contributed by atoms with Gasteiger partial charge in [-0.15, -0.1) is 11.3 Å². The highest BCUT2D eigenvalue weighted by Gasteiger charge is 2.62. The molecule has 4 amide bonds. The van der Waals surface area contributed by atoms with Crippen LogP contribution in [-0.4, -0.2) is 72.6 Å². The highest BCUT2D eigenvalue weighted by atomic mass is 32.2. The molecule has 0 bridgehead atoms. The highest BCUT2D eigenvalue weighted by molar-refractivity contribution is 7.91. The van der Waals surface area contributed by atoms with Crippen LogP contribution >= 0.6 is 11.3 Å². The molecule has 0 unspecified atom stereocenters. The Balaban J connectivity index is 1.20. The van der Waals surface area contributed by atoms with Crippen molar-refractivity contribution in [2.24, 2.45) is 17.8 Å². The molecule has 12 nitrogen and oxygen atoms in total. The minimum absolute atomic E-state index is 0.0796. The number of benzene rings is 1. The first kappa shape index (κ1) is 31.2. The zero-order valence-corrected chi connectivity index (χ0v) is 26.6. The van der Waals surface area contributed by atoms with E-state index in [2.05, 4.69) is 20.3 Å². The van der Waals surface area contributed by atoms with Gasteiger partial charge in [-0.05, 0) is 63.5 Å². The molecule has 3 aliphatic carbocycles. The Morgan fingerprint density at radius 2 is 1.91 bits per heavy atom. The number of hydrogen-bond acceptors (Lipinski definition) is 9. The number of nitrogens with one attached hydrogen (secondary N) is 3. The van der Waals surface area contributed by atoms with E-state index >= 15 is 0 Å². The number of amides is 4. The lowest BCUT2D eigenvalue weighted by Crippen LogP contribution is -2.54. The van der Waals surface area contributed by atoms with Crippen molar-refractivity contribution in [3.63, 3.8) is 0 Å². The van der Waals surface area contributed by atoms with Gasteiger partial charge in [0, 0.05) is 36.7 Å². The van der Waals surface area contributed by atoms with Crippen LogP contribution in [0.1, 0.15) is 51.4 Å². The zero-order chi connectivity index (χ0) is 31.8. The second kappa shape index (κ2) is 12.5. The lowest BCUT2D eigenvalue weighted by Gasteiger charge is -2.26. The number of ether oxygens (including phenoxy) is 1. The second-order valence-corrected chi connectivity index (χ2v) is 15.2. The van der Waals surface area contributed by atoms with Gasteiger partial charge in [-0.2, -0.15) is 0 Å². The predicted octanol–water partition coefficient (Wildman–Crippen LogP) is 3.44. The van der Waals surface area contributed by atoms with Gasteiger partial charge in [0.1, 0.15) is 16.7 Å². The van der Waals surface area contributed by atoms with Crippen LogP contribution in [0, 0.1) is 17.8 Å². The summed E-state index contributed by atoms with van der Waals surface area (Å²) in [5.74, 6) is -3.54. The molecule has 0 saturated heterocycles. The van der Waals surface area contributed by atoms with Crippen LogP contribution in [0.3, 0.4) is 0 Å². The van der Waals surface area contributed by atoms with Crippen molar-refractivity contribution < 1.29 is 32.3 Å². The van der Waals surface area contributed by atoms with Gasteiger partial charge in [0.25, 0.3) is 5.91 Å². The van der Waals surface area contributed by atoms with Crippen molar-refractivity contribution in [2.45, 2.75) is 68.3 Å². The molecule has 3 N–H and O–H groups in total. The molecule has 1 aromatic carbocycles. The molecule has 4 aliphatic rings. The summed E-state index contributed by atoms with van der Waals surface area (Å²) in [6.07, 6.45) is 7.82. The molecule has 1 aromatic heterocycles. The van der Waals surface area contributed by atoms with Crippen LogP contribution in [0.15, 0.2) is 48.0 Å². The van der Waals surface area contributed by atoms with Crippen molar-refractivity contribution in [3.05, 3.63) is 48.0 Å². The number of carbonyl (C=O) groups is 4. The molecule has 3 saturated carbocycles. The minimum Gasteiger partial charge on any atom is -0.446 e. The Labute approximate surface area is 266 Å². The summed E-state index contributed by atoms with van der Waals surface area (Å²) in [5, 5.41) is 7.60. The molecule has 3 fully saturated rings. The summed E-state index contributed by atoms with van der Waals surface area (Å²) < 4.78 is 33.2. The largest absolute Gasteiger partial charge is 0.446 e. The quantitative estimate of drug-likeness (QED) is 0.399. The molecule has 14 heteroatoms. The van der Waals surface area contributed by atoms with Crippen LogP contribution in [0.4, 0.5) is 10.5 Å². The highest BCUT2D eigenvalue weighted by Crippen LogP contribution is 2.47. The Bertz CT molecular complexity index is 1610. The Morgan fingerprint density at radius 3 is 2.67 bits per heavy atom. The second-order valence-electron chi connectivity index (χ2n) is 12.4. The van der Waals surface area contributed by atoms with E-state index in [1.54, 1.807) is 30.3 Å². The molecule has 45 heavy (non-hydrogen) atoms. The van der Waals surface area contributed by atoms with E-state index in [-0.39, 0.29) is 31.1 Å². The van der Waals surface area contributed by atoms with Crippen molar-refractivity contribution in [1.29, 1.82) is 0 Å². The van der Waals surface area contributed by atoms with Crippen molar-refractivity contribution in [1.82, 2.24) is 19.9 Å². The number of aromatic nitrogens is 1.